The van der Waals surface area contributed by atoms with Crippen molar-refractivity contribution in [2.75, 3.05) is 26.3 Å². The Morgan fingerprint density at radius 1 is 1.19 bits per heavy atom. The molecule has 9 nitrogen and oxygen atoms in total. The average molecular weight is 293 g/mol. The van der Waals surface area contributed by atoms with E-state index in [4.69, 9.17) is 15.4 Å². The second kappa shape index (κ2) is 9.18. The number of nitrogens with one attached hydrogen (secondary N) is 2. The quantitative estimate of drug-likeness (QED) is 0.290. The van der Waals surface area contributed by atoms with Crippen LogP contribution in [0.15, 0.2) is 29.4 Å². The summed E-state index contributed by atoms with van der Waals surface area (Å²) in [6.07, 6.45) is -1.10. The Kier molecular flexibility index (Phi) is 7.12. The molecule has 0 atom stereocenters. The largest absolute Gasteiger partial charge is 0.465 e. The Labute approximate surface area is 120 Å². The van der Waals surface area contributed by atoms with E-state index in [1.54, 1.807) is 24.3 Å². The highest BCUT2D eigenvalue weighted by atomic mass is 16.5. The van der Waals surface area contributed by atoms with Gasteiger partial charge in [-0.05, 0) is 17.7 Å². The third-order valence-corrected chi connectivity index (χ3v) is 2.34. The zero-order chi connectivity index (χ0) is 15.5. The van der Waals surface area contributed by atoms with Crippen LogP contribution in [0.25, 0.3) is 10.4 Å². The fraction of sp³-hybridized carbons (Fsp3) is 0.333. The van der Waals surface area contributed by atoms with Gasteiger partial charge in [0, 0.05) is 29.3 Å². The molecule has 9 heteroatoms. The summed E-state index contributed by atoms with van der Waals surface area (Å²) in [5, 5.41) is 16.5. The van der Waals surface area contributed by atoms with Crippen LogP contribution in [-0.2, 0) is 4.74 Å². The van der Waals surface area contributed by atoms with E-state index in [0.29, 0.717) is 17.8 Å². The van der Waals surface area contributed by atoms with Gasteiger partial charge in [0.25, 0.3) is 5.91 Å². The summed E-state index contributed by atoms with van der Waals surface area (Å²) in [6.45, 7) is 1.03. The van der Waals surface area contributed by atoms with Crippen LogP contribution < -0.4 is 10.6 Å². The molecule has 0 aliphatic heterocycles. The Balaban J connectivity index is 2.21. The number of azide groups is 1. The minimum Gasteiger partial charge on any atom is -0.465 e. The molecule has 3 N–H and O–H groups in total. The van der Waals surface area contributed by atoms with Crippen LogP contribution in [0.1, 0.15) is 10.4 Å². The van der Waals surface area contributed by atoms with Gasteiger partial charge >= 0.3 is 6.09 Å². The Morgan fingerprint density at radius 2 is 1.81 bits per heavy atom. The molecule has 0 unspecified atom stereocenters. The van der Waals surface area contributed by atoms with E-state index < -0.39 is 6.09 Å². The second-order valence-corrected chi connectivity index (χ2v) is 3.84. The molecule has 21 heavy (non-hydrogen) atoms. The monoisotopic (exact) mass is 293 g/mol. The molecule has 0 aliphatic rings. The summed E-state index contributed by atoms with van der Waals surface area (Å²) in [7, 11) is 0. The maximum Gasteiger partial charge on any atom is 0.404 e. The van der Waals surface area contributed by atoms with Gasteiger partial charge in [0.15, 0.2) is 0 Å². The highest BCUT2D eigenvalue weighted by Crippen LogP contribution is 2.12. The second-order valence-electron chi connectivity index (χ2n) is 3.84. The van der Waals surface area contributed by atoms with Crippen molar-refractivity contribution in [1.29, 1.82) is 0 Å². The molecule has 0 heterocycles. The lowest BCUT2D eigenvalue weighted by atomic mass is 10.2. The molecule has 1 aromatic carbocycles. The molecule has 0 radical (unpaired) electrons. The van der Waals surface area contributed by atoms with Crippen LogP contribution in [0, 0.1) is 0 Å². The number of hydrogen-bond donors (Lipinski definition) is 3. The summed E-state index contributed by atoms with van der Waals surface area (Å²) in [5.74, 6) is -0.269. The number of hydrogen-bond acceptors (Lipinski definition) is 4. The lowest BCUT2D eigenvalue weighted by Gasteiger charge is -2.06. The first kappa shape index (κ1) is 16.3. The fourth-order valence-corrected chi connectivity index (χ4v) is 1.40. The van der Waals surface area contributed by atoms with Crippen molar-refractivity contribution in [2.45, 2.75) is 0 Å². The molecule has 2 amide bonds. The van der Waals surface area contributed by atoms with Gasteiger partial charge in [0.2, 0.25) is 0 Å². The number of ether oxygens (including phenoxy) is 1. The van der Waals surface area contributed by atoms with Gasteiger partial charge in [0.1, 0.15) is 0 Å². The number of rotatable bonds is 8. The molecule has 0 saturated heterocycles. The molecular weight excluding hydrogens is 278 g/mol. The standard InChI is InChI=1S/C12H15N5O4/c13-17-16-10-3-1-9(2-4-10)11(18)14-5-7-21-8-6-15-12(19)20/h1-4,15H,5-8H2,(H,14,18)(H,19,20). The van der Waals surface area contributed by atoms with Gasteiger partial charge in [-0.1, -0.05) is 17.2 Å². The third kappa shape index (κ3) is 6.81. The maximum absolute atomic E-state index is 11.7. The van der Waals surface area contributed by atoms with Crippen LogP contribution in [0.5, 0.6) is 0 Å². The molecule has 0 fully saturated rings. The first-order chi connectivity index (χ1) is 10.1. The topological polar surface area (TPSA) is 136 Å². The number of carbonyl (C=O) groups excluding carboxylic acids is 1. The Hall–Kier alpha value is -2.77. The van der Waals surface area contributed by atoms with E-state index in [0.717, 1.165) is 0 Å². The molecule has 0 bridgehead atoms. The van der Waals surface area contributed by atoms with E-state index in [9.17, 15) is 9.59 Å². The SMILES string of the molecule is [N-]=[N+]=Nc1ccc(C(=O)NCCOCCNC(=O)O)cc1. The van der Waals surface area contributed by atoms with Crippen LogP contribution in [0.2, 0.25) is 0 Å². The van der Waals surface area contributed by atoms with Crippen LogP contribution >= 0.6 is 0 Å². The Bertz CT molecular complexity index is 525. The molecule has 1 aromatic rings. The zero-order valence-corrected chi connectivity index (χ0v) is 11.2. The summed E-state index contributed by atoms with van der Waals surface area (Å²) in [4.78, 5) is 24.5. The molecule has 1 rings (SSSR count). The average Bonchev–Trinajstić information content (AvgIpc) is 2.47. The number of benzene rings is 1. The van der Waals surface area contributed by atoms with Crippen molar-refractivity contribution < 1.29 is 19.4 Å². The minimum absolute atomic E-state index is 0.199. The van der Waals surface area contributed by atoms with Crippen molar-refractivity contribution in [1.82, 2.24) is 10.6 Å². The molecule has 112 valence electrons. The molecular formula is C12H15N5O4. The summed E-state index contributed by atoms with van der Waals surface area (Å²) < 4.78 is 5.13. The normalized spacial score (nSPS) is 9.52. The molecule has 0 spiro atoms. The molecule has 0 aromatic heterocycles. The zero-order valence-electron chi connectivity index (χ0n) is 11.2. The van der Waals surface area contributed by atoms with E-state index in [1.165, 1.54) is 0 Å². The lowest BCUT2D eigenvalue weighted by molar-refractivity contribution is 0.0917. The lowest BCUT2D eigenvalue weighted by Crippen LogP contribution is -2.29. The third-order valence-electron chi connectivity index (χ3n) is 2.34. The van der Waals surface area contributed by atoms with E-state index >= 15 is 0 Å². The smallest absolute Gasteiger partial charge is 0.404 e. The van der Waals surface area contributed by atoms with Crippen LogP contribution in [0.3, 0.4) is 0 Å². The first-order valence-electron chi connectivity index (χ1n) is 6.11. The highest BCUT2D eigenvalue weighted by Gasteiger charge is 2.04. The Morgan fingerprint density at radius 3 is 2.38 bits per heavy atom. The van der Waals surface area contributed by atoms with Crippen LogP contribution in [0.4, 0.5) is 10.5 Å². The van der Waals surface area contributed by atoms with Crippen molar-refractivity contribution in [3.63, 3.8) is 0 Å². The highest BCUT2D eigenvalue weighted by molar-refractivity contribution is 5.94. The minimum atomic E-state index is -1.10. The number of carbonyl (C=O) groups is 2. The van der Waals surface area contributed by atoms with Crippen LogP contribution in [-0.4, -0.2) is 43.4 Å². The van der Waals surface area contributed by atoms with Gasteiger partial charge in [-0.15, -0.1) is 0 Å². The number of amides is 2. The van der Waals surface area contributed by atoms with Gasteiger partial charge in [-0.25, -0.2) is 4.79 Å². The molecule has 0 saturated carbocycles. The van der Waals surface area contributed by atoms with Crippen molar-refractivity contribution in [2.24, 2.45) is 5.11 Å². The van der Waals surface area contributed by atoms with Gasteiger partial charge in [-0.3, -0.25) is 4.79 Å². The van der Waals surface area contributed by atoms with E-state index in [-0.39, 0.29) is 25.7 Å². The number of carboxylic acid groups (broad SMARTS) is 1. The number of nitrogens with zero attached hydrogens (tertiary/aromatic N) is 3. The summed E-state index contributed by atoms with van der Waals surface area (Å²) >= 11 is 0. The fourth-order valence-electron chi connectivity index (χ4n) is 1.40. The first-order valence-corrected chi connectivity index (χ1v) is 6.11. The van der Waals surface area contributed by atoms with E-state index in [2.05, 4.69) is 20.7 Å². The maximum atomic E-state index is 11.7. The van der Waals surface area contributed by atoms with Crippen molar-refractivity contribution >= 4 is 17.7 Å². The summed E-state index contributed by atoms with van der Waals surface area (Å²) in [5.41, 5.74) is 9.14. The van der Waals surface area contributed by atoms with Gasteiger partial charge in [0.05, 0.1) is 13.2 Å². The summed E-state index contributed by atoms with van der Waals surface area (Å²) in [6, 6.07) is 6.19. The van der Waals surface area contributed by atoms with Crippen molar-refractivity contribution in [3.8, 4) is 0 Å². The van der Waals surface area contributed by atoms with Gasteiger partial charge in [-0.2, -0.15) is 0 Å². The predicted octanol–water partition coefficient (Wildman–Crippen LogP) is 1.64. The molecule has 0 aliphatic carbocycles. The van der Waals surface area contributed by atoms with Gasteiger partial charge < -0.3 is 20.5 Å². The van der Waals surface area contributed by atoms with E-state index in [1.807, 2.05) is 0 Å². The predicted molar refractivity (Wildman–Crippen MR) is 74.4 cm³/mol. The van der Waals surface area contributed by atoms with Crippen molar-refractivity contribution in [3.05, 3.63) is 40.3 Å².